The summed E-state index contributed by atoms with van der Waals surface area (Å²) in [6.07, 6.45) is 0. The molecule has 0 aliphatic heterocycles. The summed E-state index contributed by atoms with van der Waals surface area (Å²) in [6, 6.07) is 0.413. The van der Waals surface area contributed by atoms with E-state index in [1.54, 1.807) is 0 Å². The maximum Gasteiger partial charge on any atom is 0.0959 e. The molecular weight excluding hydrogens is 166 g/mol. The molecule has 0 spiro atoms. The lowest BCUT2D eigenvalue weighted by molar-refractivity contribution is 0.0815. The molecule has 0 amide bonds. The molecule has 13 heavy (non-hydrogen) atoms. The van der Waals surface area contributed by atoms with Gasteiger partial charge in [0.2, 0.25) is 0 Å². The molecule has 0 atom stereocenters. The Kier molecular flexibility index (Phi) is 8.33. The molecule has 0 rings (SSSR count). The summed E-state index contributed by atoms with van der Waals surface area (Å²) in [5, 5.41) is 15.3. The van der Waals surface area contributed by atoms with Gasteiger partial charge in [-0.2, -0.15) is 0 Å². The molecule has 0 bridgehead atoms. The molecule has 0 unspecified atom stereocenters. The summed E-state index contributed by atoms with van der Waals surface area (Å²) in [4.78, 5) is 2.02. The first-order valence-corrected chi connectivity index (χ1v) is 4.92. The van der Waals surface area contributed by atoms with Crippen LogP contribution in [0.25, 0.3) is 0 Å². The van der Waals surface area contributed by atoms with Crippen LogP contribution in [0.3, 0.4) is 0 Å². The summed E-state index contributed by atoms with van der Waals surface area (Å²) in [5.74, 6) is 0. The van der Waals surface area contributed by atoms with Crippen molar-refractivity contribution in [1.29, 1.82) is 0 Å². The van der Waals surface area contributed by atoms with Crippen molar-refractivity contribution in [2.75, 3.05) is 40.0 Å². The third kappa shape index (κ3) is 6.95. The SMILES string of the molecule is CNCCNCCN(CO)C(C)C. The van der Waals surface area contributed by atoms with Gasteiger partial charge in [0.1, 0.15) is 0 Å². The first-order chi connectivity index (χ1) is 6.22. The minimum absolute atomic E-state index is 0.144. The molecule has 0 aliphatic rings. The molecule has 80 valence electrons. The number of aliphatic hydroxyl groups is 1. The number of rotatable bonds is 8. The minimum Gasteiger partial charge on any atom is -0.381 e. The maximum absolute atomic E-state index is 8.98. The summed E-state index contributed by atoms with van der Waals surface area (Å²) in [5.41, 5.74) is 0. The first-order valence-electron chi connectivity index (χ1n) is 4.92. The molecule has 0 saturated carbocycles. The molecule has 0 aliphatic carbocycles. The molecule has 4 nitrogen and oxygen atoms in total. The highest BCUT2D eigenvalue weighted by atomic mass is 16.3. The van der Waals surface area contributed by atoms with Crippen LogP contribution in [0.2, 0.25) is 0 Å². The van der Waals surface area contributed by atoms with Crippen LogP contribution in [-0.2, 0) is 0 Å². The zero-order chi connectivity index (χ0) is 10.1. The summed E-state index contributed by atoms with van der Waals surface area (Å²) in [7, 11) is 1.94. The third-order valence-electron chi connectivity index (χ3n) is 2.04. The Morgan fingerprint density at radius 3 is 2.38 bits per heavy atom. The van der Waals surface area contributed by atoms with Crippen molar-refractivity contribution in [1.82, 2.24) is 15.5 Å². The molecule has 0 heterocycles. The van der Waals surface area contributed by atoms with Gasteiger partial charge in [-0.05, 0) is 20.9 Å². The van der Waals surface area contributed by atoms with Crippen molar-refractivity contribution in [3.8, 4) is 0 Å². The van der Waals surface area contributed by atoms with Gasteiger partial charge < -0.3 is 15.7 Å². The minimum atomic E-state index is 0.144. The first kappa shape index (κ1) is 12.8. The third-order valence-corrected chi connectivity index (χ3v) is 2.04. The normalized spacial score (nSPS) is 11.5. The highest BCUT2D eigenvalue weighted by molar-refractivity contribution is 4.60. The number of likely N-dealkylation sites (N-methyl/N-ethyl adjacent to an activating group) is 1. The van der Waals surface area contributed by atoms with E-state index in [1.807, 2.05) is 11.9 Å². The number of hydrogen-bond donors (Lipinski definition) is 3. The van der Waals surface area contributed by atoms with E-state index >= 15 is 0 Å². The maximum atomic E-state index is 8.98. The van der Waals surface area contributed by atoms with Gasteiger partial charge in [0, 0.05) is 32.2 Å². The molecule has 0 fully saturated rings. The standard InChI is InChI=1S/C9H23N3O/c1-9(2)12(8-13)7-6-11-5-4-10-3/h9-11,13H,4-8H2,1-3H3. The van der Waals surface area contributed by atoms with E-state index in [9.17, 15) is 0 Å². The predicted molar refractivity (Wildman–Crippen MR) is 55.7 cm³/mol. The molecular formula is C9H23N3O. The van der Waals surface area contributed by atoms with Crippen LogP contribution in [0.15, 0.2) is 0 Å². The Bertz CT molecular complexity index is 109. The smallest absolute Gasteiger partial charge is 0.0959 e. The van der Waals surface area contributed by atoms with Gasteiger partial charge in [-0.1, -0.05) is 0 Å². The number of hydrogen-bond acceptors (Lipinski definition) is 4. The van der Waals surface area contributed by atoms with Crippen LogP contribution in [0.4, 0.5) is 0 Å². The van der Waals surface area contributed by atoms with Crippen molar-refractivity contribution < 1.29 is 5.11 Å². The summed E-state index contributed by atoms with van der Waals surface area (Å²) < 4.78 is 0. The Labute approximate surface area is 81.3 Å². The highest BCUT2D eigenvalue weighted by Crippen LogP contribution is 1.93. The monoisotopic (exact) mass is 189 g/mol. The van der Waals surface area contributed by atoms with Gasteiger partial charge in [0.05, 0.1) is 6.73 Å². The molecule has 4 heteroatoms. The Morgan fingerprint density at radius 1 is 1.23 bits per heavy atom. The number of nitrogens with one attached hydrogen (secondary N) is 2. The Hall–Kier alpha value is -0.160. The fourth-order valence-electron chi connectivity index (χ4n) is 1.05. The van der Waals surface area contributed by atoms with Crippen LogP contribution < -0.4 is 10.6 Å². The molecule has 0 aromatic carbocycles. The van der Waals surface area contributed by atoms with E-state index in [-0.39, 0.29) is 6.73 Å². The van der Waals surface area contributed by atoms with Crippen molar-refractivity contribution in [2.24, 2.45) is 0 Å². The largest absolute Gasteiger partial charge is 0.381 e. The second-order valence-electron chi connectivity index (χ2n) is 3.40. The van der Waals surface area contributed by atoms with Gasteiger partial charge in [-0.3, -0.25) is 4.90 Å². The van der Waals surface area contributed by atoms with Gasteiger partial charge in [0.15, 0.2) is 0 Å². The van der Waals surface area contributed by atoms with Crippen molar-refractivity contribution in [3.05, 3.63) is 0 Å². The van der Waals surface area contributed by atoms with Crippen molar-refractivity contribution >= 4 is 0 Å². The summed E-state index contributed by atoms with van der Waals surface area (Å²) >= 11 is 0. The van der Waals surface area contributed by atoms with E-state index in [2.05, 4.69) is 24.5 Å². The second kappa shape index (κ2) is 8.44. The average molecular weight is 189 g/mol. The van der Waals surface area contributed by atoms with E-state index in [0.29, 0.717) is 6.04 Å². The molecule has 3 N–H and O–H groups in total. The fraction of sp³-hybridized carbons (Fsp3) is 1.00. The number of nitrogens with zero attached hydrogens (tertiary/aromatic N) is 1. The number of aliphatic hydroxyl groups excluding tert-OH is 1. The van der Waals surface area contributed by atoms with Crippen LogP contribution in [-0.4, -0.2) is 56.0 Å². The van der Waals surface area contributed by atoms with E-state index < -0.39 is 0 Å². The second-order valence-corrected chi connectivity index (χ2v) is 3.40. The van der Waals surface area contributed by atoms with Crippen LogP contribution in [0.1, 0.15) is 13.8 Å². The van der Waals surface area contributed by atoms with Gasteiger partial charge in [0.25, 0.3) is 0 Å². The average Bonchev–Trinajstić information content (AvgIpc) is 2.10. The Morgan fingerprint density at radius 2 is 1.92 bits per heavy atom. The highest BCUT2D eigenvalue weighted by Gasteiger charge is 2.05. The van der Waals surface area contributed by atoms with Crippen LogP contribution in [0.5, 0.6) is 0 Å². The van der Waals surface area contributed by atoms with E-state index in [1.165, 1.54) is 0 Å². The van der Waals surface area contributed by atoms with Gasteiger partial charge in [-0.15, -0.1) is 0 Å². The van der Waals surface area contributed by atoms with E-state index in [0.717, 1.165) is 26.2 Å². The zero-order valence-corrected chi connectivity index (χ0v) is 9.01. The molecule has 0 aromatic rings. The van der Waals surface area contributed by atoms with Crippen molar-refractivity contribution in [3.63, 3.8) is 0 Å². The topological polar surface area (TPSA) is 47.5 Å². The van der Waals surface area contributed by atoms with E-state index in [4.69, 9.17) is 5.11 Å². The van der Waals surface area contributed by atoms with Gasteiger partial charge in [-0.25, -0.2) is 0 Å². The lowest BCUT2D eigenvalue weighted by Crippen LogP contribution is -2.38. The predicted octanol–water partition coefficient (Wildman–Crippen LogP) is -0.544. The molecule has 0 aromatic heterocycles. The van der Waals surface area contributed by atoms with Crippen LogP contribution in [0, 0.1) is 0 Å². The molecule has 0 radical (unpaired) electrons. The van der Waals surface area contributed by atoms with Crippen molar-refractivity contribution in [2.45, 2.75) is 19.9 Å². The summed E-state index contributed by atoms with van der Waals surface area (Å²) in [6.45, 7) is 8.12. The lowest BCUT2D eigenvalue weighted by atomic mass is 10.3. The zero-order valence-electron chi connectivity index (χ0n) is 9.01. The fourth-order valence-corrected chi connectivity index (χ4v) is 1.05. The van der Waals surface area contributed by atoms with Crippen LogP contribution >= 0.6 is 0 Å². The Balaban J connectivity index is 3.28. The van der Waals surface area contributed by atoms with Gasteiger partial charge >= 0.3 is 0 Å². The molecule has 0 saturated heterocycles. The quantitative estimate of drug-likeness (QED) is 0.354. The lowest BCUT2D eigenvalue weighted by Gasteiger charge is -2.23.